The van der Waals surface area contributed by atoms with E-state index in [9.17, 15) is 10.4 Å². The number of rotatable bonds is 3. The highest BCUT2D eigenvalue weighted by molar-refractivity contribution is 7.27. The predicted octanol–water partition coefficient (Wildman–Crippen LogP) is -5.97. The highest BCUT2D eigenvalue weighted by Gasteiger charge is 1.88. The van der Waals surface area contributed by atoms with Crippen molar-refractivity contribution in [2.75, 3.05) is 14.1 Å². The molecule has 0 heterocycles. The monoisotopic (exact) mass is 266 g/mol. The molecule has 0 aromatic rings. The summed E-state index contributed by atoms with van der Waals surface area (Å²) in [6.07, 6.45) is 0. The summed E-state index contributed by atoms with van der Waals surface area (Å²) in [5.41, 5.74) is 0. The predicted molar refractivity (Wildman–Crippen MR) is 32.0 cm³/mol. The Hall–Kier alpha value is 0.960. The molecule has 9 heavy (non-hydrogen) atoms. The highest BCUT2D eigenvalue weighted by atomic mass is 127. The van der Waals surface area contributed by atoms with Gasteiger partial charge in [-0.2, -0.15) is 0 Å². The average molecular weight is 266 g/mol. The van der Waals surface area contributed by atoms with Crippen LogP contribution in [0.5, 0.6) is 0 Å². The Morgan fingerprint density at radius 1 is 1.33 bits per heavy atom. The van der Waals surface area contributed by atoms with Crippen LogP contribution in [0.1, 0.15) is 0 Å². The van der Waals surface area contributed by atoms with Crippen molar-refractivity contribution in [1.82, 2.24) is 5.20 Å². The van der Waals surface area contributed by atoms with Crippen LogP contribution in [0.3, 0.4) is 0 Å². The molecule has 0 saturated carbocycles. The molecule has 0 aliphatic carbocycles. The van der Waals surface area contributed by atoms with Crippen molar-refractivity contribution in [3.8, 4) is 0 Å². The van der Waals surface area contributed by atoms with Crippen LogP contribution in [0.2, 0.25) is 0 Å². The fraction of sp³-hybridized carbons (Fsp3) is 1.00. The molecule has 0 spiro atoms. The Balaban J connectivity index is 0. The second kappa shape index (κ2) is 7.07. The Kier molecular flexibility index (Phi) is 9.92. The second-order valence-electron chi connectivity index (χ2n) is 1.36. The molecule has 58 valence electrons. The summed E-state index contributed by atoms with van der Waals surface area (Å²) in [5.74, 6) is 0. The zero-order valence-corrected chi connectivity index (χ0v) is 8.35. The third kappa shape index (κ3) is 12.2. The molecule has 3 unspecified atom stereocenters. The van der Waals surface area contributed by atoms with Gasteiger partial charge in [0.2, 0.25) is 8.88 Å². The molecule has 0 saturated heterocycles. The summed E-state index contributed by atoms with van der Waals surface area (Å²) >= 11 is 0. The Morgan fingerprint density at radius 2 is 1.78 bits per heavy atom. The van der Waals surface area contributed by atoms with Gasteiger partial charge in [-0.3, -0.25) is 5.17 Å². The van der Waals surface area contributed by atoms with Crippen LogP contribution in [0.15, 0.2) is 0 Å². The first-order valence-electron chi connectivity index (χ1n) is 2.16. The van der Waals surface area contributed by atoms with Crippen molar-refractivity contribution in [2.45, 2.75) is 0 Å². The fourth-order valence-corrected chi connectivity index (χ4v) is 0.528. The molecule has 0 amide bonds. The van der Waals surface area contributed by atoms with Crippen molar-refractivity contribution in [1.29, 1.82) is 0 Å². The molecular weight excluding hydrogens is 256 g/mol. The van der Waals surface area contributed by atoms with Crippen molar-refractivity contribution in [3.05, 3.63) is 10.4 Å². The third-order valence-electron chi connectivity index (χ3n) is 0.415. The van der Waals surface area contributed by atoms with Crippen LogP contribution in [0.25, 0.3) is 0 Å². The van der Waals surface area contributed by atoms with Gasteiger partial charge in [-0.15, -0.1) is 0 Å². The SMILES string of the molecule is C[NH+]([O-])NP[NH+](C)[O-].[I-]. The van der Waals surface area contributed by atoms with Gasteiger partial charge in [-0.1, -0.05) is 5.20 Å². The number of hydrogen-bond donors (Lipinski definition) is 3. The molecule has 5 nitrogen and oxygen atoms in total. The molecule has 0 aromatic carbocycles. The number of quaternary nitrogens is 2. The van der Waals surface area contributed by atoms with Gasteiger partial charge in [0, 0.05) is 0 Å². The maximum atomic E-state index is 10.1. The van der Waals surface area contributed by atoms with Gasteiger partial charge >= 0.3 is 0 Å². The summed E-state index contributed by atoms with van der Waals surface area (Å²) in [4.78, 5) is 0.000185. The number of nitrogens with one attached hydrogen (secondary N) is 3. The maximum Gasteiger partial charge on any atom is 0.213 e. The van der Waals surface area contributed by atoms with Crippen LogP contribution in [-0.4, -0.2) is 14.1 Å². The normalized spacial score (nSPS) is 17.3. The van der Waals surface area contributed by atoms with E-state index >= 15 is 0 Å². The summed E-state index contributed by atoms with van der Waals surface area (Å²) in [5, 5.41) is 22.5. The van der Waals surface area contributed by atoms with Crippen LogP contribution in [0, 0.1) is 10.4 Å². The van der Waals surface area contributed by atoms with Gasteiger partial charge in [-0.05, 0) is 0 Å². The van der Waals surface area contributed by atoms with E-state index in [0.29, 0.717) is 0 Å². The van der Waals surface area contributed by atoms with Gasteiger partial charge in [-0.25, -0.2) is 0 Å². The lowest BCUT2D eigenvalue weighted by Crippen LogP contribution is -3.13. The lowest BCUT2D eigenvalue weighted by molar-refractivity contribution is -0.865. The number of hydroxylamine groups is 2. The van der Waals surface area contributed by atoms with Gasteiger partial charge in [0.05, 0.1) is 14.1 Å². The molecule has 0 aliphatic heterocycles. The quantitative estimate of drug-likeness (QED) is 0.271. The van der Waals surface area contributed by atoms with Crippen molar-refractivity contribution < 1.29 is 34.0 Å². The topological polar surface area (TPSA) is 67.0 Å². The summed E-state index contributed by atoms with van der Waals surface area (Å²) in [6.45, 7) is 0. The molecule has 0 radical (unpaired) electrons. The summed E-state index contributed by atoms with van der Waals surface area (Å²) in [7, 11) is 2.75. The summed E-state index contributed by atoms with van der Waals surface area (Å²) < 4.78 is 0. The first-order chi connectivity index (χ1) is 3.63. The van der Waals surface area contributed by atoms with Gasteiger partial charge in [0.1, 0.15) is 0 Å². The molecule has 0 aromatic heterocycles. The highest BCUT2D eigenvalue weighted by Crippen LogP contribution is 1.74. The zero-order chi connectivity index (χ0) is 6.57. The number of halogens is 1. The van der Waals surface area contributed by atoms with Crippen LogP contribution in [0.4, 0.5) is 0 Å². The van der Waals surface area contributed by atoms with Gasteiger partial charge in [0.25, 0.3) is 0 Å². The Labute approximate surface area is 72.8 Å². The lowest BCUT2D eigenvalue weighted by Gasteiger charge is -2.19. The van der Waals surface area contributed by atoms with Gasteiger partial charge < -0.3 is 39.2 Å². The van der Waals surface area contributed by atoms with E-state index in [1.54, 1.807) is 0 Å². The minimum absolute atomic E-state index is 0. The second-order valence-corrected chi connectivity index (χ2v) is 2.57. The van der Waals surface area contributed by atoms with Crippen molar-refractivity contribution >= 4 is 8.88 Å². The van der Waals surface area contributed by atoms with E-state index in [4.69, 9.17) is 0 Å². The Bertz CT molecular complexity index is 55.8. The maximum absolute atomic E-state index is 10.1. The minimum atomic E-state index is -0.154. The standard InChI is InChI=1S/C2H10N3O2P.HI/c1-4(6)3-8-5(2)7;/h3-5,8H,1-2H3;1H/p-1. The van der Waals surface area contributed by atoms with E-state index in [1.807, 2.05) is 0 Å². The fourth-order valence-electron chi connectivity index (χ4n) is 0.176. The molecular formula is C2H10IN3O2P-. The van der Waals surface area contributed by atoms with Crippen molar-refractivity contribution in [2.24, 2.45) is 0 Å². The Morgan fingerprint density at radius 3 is 1.89 bits per heavy atom. The summed E-state index contributed by atoms with van der Waals surface area (Å²) in [6, 6.07) is 0. The van der Waals surface area contributed by atoms with E-state index in [0.717, 1.165) is 0 Å². The molecule has 3 N–H and O–H groups in total. The smallest absolute Gasteiger partial charge is 0.213 e. The van der Waals surface area contributed by atoms with Crippen molar-refractivity contribution in [3.63, 3.8) is 0 Å². The van der Waals surface area contributed by atoms with E-state index < -0.39 is 0 Å². The number of hydrogen-bond acceptors (Lipinski definition) is 3. The van der Waals surface area contributed by atoms with Gasteiger partial charge in [0.15, 0.2) is 0 Å². The van der Waals surface area contributed by atoms with Crippen LogP contribution in [-0.2, 0) is 0 Å². The van der Waals surface area contributed by atoms with Crippen LogP contribution < -0.4 is 39.2 Å². The van der Waals surface area contributed by atoms with E-state index in [-0.39, 0.29) is 42.9 Å². The molecule has 0 rings (SSSR count). The van der Waals surface area contributed by atoms with E-state index in [2.05, 4.69) is 5.20 Å². The third-order valence-corrected chi connectivity index (χ3v) is 1.24. The zero-order valence-electron chi connectivity index (χ0n) is 5.19. The lowest BCUT2D eigenvalue weighted by atomic mass is 11.5. The minimum Gasteiger partial charge on any atom is -1.00 e. The first kappa shape index (κ1) is 12.6. The molecule has 0 aliphatic rings. The largest absolute Gasteiger partial charge is 1.00 e. The molecule has 0 bridgehead atoms. The van der Waals surface area contributed by atoms with E-state index in [1.165, 1.54) is 14.1 Å². The molecule has 0 fully saturated rings. The molecule has 7 heteroatoms. The average Bonchev–Trinajstić information content (AvgIpc) is 1.61. The first-order valence-corrected chi connectivity index (χ1v) is 3.16. The molecule has 3 atom stereocenters. The van der Waals surface area contributed by atoms with Crippen LogP contribution >= 0.6 is 8.88 Å².